The summed E-state index contributed by atoms with van der Waals surface area (Å²) in [5.74, 6) is -0.193. The number of hydrogen-bond donors (Lipinski definition) is 1. The molecule has 1 aliphatic rings. The monoisotopic (exact) mass is 245 g/mol. The highest BCUT2D eigenvalue weighted by Gasteiger charge is 2.47. The summed E-state index contributed by atoms with van der Waals surface area (Å²) in [7, 11) is 0. The number of benzene rings is 1. The Kier molecular flexibility index (Phi) is 2.81. The van der Waals surface area contributed by atoms with Gasteiger partial charge in [-0.3, -0.25) is 0 Å². The van der Waals surface area contributed by atoms with Gasteiger partial charge in [-0.25, -0.2) is 0 Å². The maximum Gasteiger partial charge on any atom is 0.573 e. The van der Waals surface area contributed by atoms with Gasteiger partial charge in [-0.1, -0.05) is 12.1 Å². The summed E-state index contributed by atoms with van der Waals surface area (Å²) in [6.07, 6.45) is -2.66. The van der Waals surface area contributed by atoms with Crippen molar-refractivity contribution in [2.75, 3.05) is 0 Å². The molecule has 2 N–H and O–H groups in total. The summed E-state index contributed by atoms with van der Waals surface area (Å²) >= 11 is 0. The van der Waals surface area contributed by atoms with Crippen LogP contribution in [-0.4, -0.2) is 12.4 Å². The number of hydrogen-bond acceptors (Lipinski definition) is 2. The van der Waals surface area contributed by atoms with Crippen LogP contribution in [0.2, 0.25) is 0 Å². The maximum atomic E-state index is 12.0. The Morgan fingerprint density at radius 2 is 1.76 bits per heavy atom. The van der Waals surface area contributed by atoms with Crippen LogP contribution in [0.1, 0.15) is 25.3 Å². The molecule has 1 fully saturated rings. The molecule has 94 valence electrons. The molecule has 0 saturated heterocycles. The van der Waals surface area contributed by atoms with Gasteiger partial charge >= 0.3 is 6.36 Å². The van der Waals surface area contributed by atoms with E-state index in [0.717, 1.165) is 18.4 Å². The van der Waals surface area contributed by atoms with Gasteiger partial charge in [-0.05, 0) is 37.5 Å². The zero-order valence-electron chi connectivity index (χ0n) is 9.42. The van der Waals surface area contributed by atoms with Crippen molar-refractivity contribution in [2.24, 2.45) is 5.73 Å². The van der Waals surface area contributed by atoms with Gasteiger partial charge in [-0.15, -0.1) is 13.2 Å². The molecule has 1 atom stereocenters. The fourth-order valence-corrected chi connectivity index (χ4v) is 2.13. The van der Waals surface area contributed by atoms with E-state index in [2.05, 4.69) is 4.74 Å². The van der Waals surface area contributed by atoms with Gasteiger partial charge in [0.2, 0.25) is 0 Å². The average molecular weight is 245 g/mol. The lowest BCUT2D eigenvalue weighted by molar-refractivity contribution is -0.274. The van der Waals surface area contributed by atoms with Gasteiger partial charge in [0.1, 0.15) is 5.75 Å². The maximum absolute atomic E-state index is 12.0. The first-order valence-electron chi connectivity index (χ1n) is 5.45. The molecule has 1 aromatic carbocycles. The van der Waals surface area contributed by atoms with Crippen molar-refractivity contribution in [2.45, 2.75) is 37.6 Å². The van der Waals surface area contributed by atoms with Crippen molar-refractivity contribution < 1.29 is 17.9 Å². The topological polar surface area (TPSA) is 35.2 Å². The Bertz CT molecular complexity index is 393. The number of halogens is 3. The zero-order valence-corrected chi connectivity index (χ0v) is 9.42. The smallest absolute Gasteiger partial charge is 0.406 e. The van der Waals surface area contributed by atoms with E-state index in [1.807, 2.05) is 6.92 Å². The number of nitrogens with two attached hydrogens (primary N) is 1. The Labute approximate surface area is 97.6 Å². The highest BCUT2D eigenvalue weighted by atomic mass is 19.4. The van der Waals surface area contributed by atoms with Gasteiger partial charge < -0.3 is 10.5 Å². The molecular formula is C12H14F3NO. The first kappa shape index (κ1) is 12.2. The van der Waals surface area contributed by atoms with E-state index in [-0.39, 0.29) is 17.2 Å². The van der Waals surface area contributed by atoms with Crippen LogP contribution in [0.5, 0.6) is 5.75 Å². The van der Waals surface area contributed by atoms with E-state index in [9.17, 15) is 13.2 Å². The molecular weight excluding hydrogens is 231 g/mol. The normalized spacial score (nSPS) is 19.8. The minimum absolute atomic E-state index is 0.0110. The standard InChI is InChI=1S/C12H14F3NO/c1-8(16)11(6-7-11)9-2-4-10(5-3-9)17-12(13,14)15/h2-5,8H,6-7,16H2,1H3. The van der Waals surface area contributed by atoms with E-state index in [1.165, 1.54) is 12.1 Å². The fourth-order valence-electron chi connectivity index (χ4n) is 2.13. The summed E-state index contributed by atoms with van der Waals surface area (Å²) in [4.78, 5) is 0. The zero-order chi connectivity index (χ0) is 12.7. The molecule has 0 aromatic heterocycles. The molecule has 1 unspecified atom stereocenters. The highest BCUT2D eigenvalue weighted by molar-refractivity contribution is 5.37. The van der Waals surface area contributed by atoms with E-state index in [1.54, 1.807) is 12.1 Å². The van der Waals surface area contributed by atoms with E-state index >= 15 is 0 Å². The van der Waals surface area contributed by atoms with Gasteiger partial charge in [0.25, 0.3) is 0 Å². The van der Waals surface area contributed by atoms with Crippen molar-refractivity contribution in [3.8, 4) is 5.75 Å². The summed E-state index contributed by atoms with van der Waals surface area (Å²) in [6.45, 7) is 1.92. The van der Waals surface area contributed by atoms with Crippen molar-refractivity contribution in [1.82, 2.24) is 0 Å². The van der Waals surface area contributed by atoms with Gasteiger partial charge in [-0.2, -0.15) is 0 Å². The van der Waals surface area contributed by atoms with Crippen LogP contribution in [0.25, 0.3) is 0 Å². The Morgan fingerprint density at radius 1 is 1.24 bits per heavy atom. The third kappa shape index (κ3) is 2.54. The third-order valence-electron chi connectivity index (χ3n) is 3.32. The number of rotatable bonds is 3. The molecule has 0 spiro atoms. The Balaban J connectivity index is 2.14. The Hall–Kier alpha value is -1.23. The molecule has 0 radical (unpaired) electrons. The number of alkyl halides is 3. The molecule has 5 heteroatoms. The Morgan fingerprint density at radius 3 is 2.12 bits per heavy atom. The minimum Gasteiger partial charge on any atom is -0.406 e. The second-order valence-electron chi connectivity index (χ2n) is 4.52. The second kappa shape index (κ2) is 3.91. The van der Waals surface area contributed by atoms with Crippen molar-refractivity contribution >= 4 is 0 Å². The molecule has 0 heterocycles. The van der Waals surface area contributed by atoms with Gasteiger partial charge in [0.05, 0.1) is 0 Å². The van der Waals surface area contributed by atoms with Crippen LogP contribution in [-0.2, 0) is 5.41 Å². The fraction of sp³-hybridized carbons (Fsp3) is 0.500. The van der Waals surface area contributed by atoms with Crippen LogP contribution in [0, 0.1) is 0 Å². The van der Waals surface area contributed by atoms with E-state index < -0.39 is 6.36 Å². The minimum atomic E-state index is -4.64. The third-order valence-corrected chi connectivity index (χ3v) is 3.32. The first-order chi connectivity index (χ1) is 7.83. The lowest BCUT2D eigenvalue weighted by Crippen LogP contribution is -2.31. The molecule has 0 aliphatic heterocycles. The lowest BCUT2D eigenvalue weighted by Gasteiger charge is -2.20. The second-order valence-corrected chi connectivity index (χ2v) is 4.52. The van der Waals surface area contributed by atoms with Crippen molar-refractivity contribution in [1.29, 1.82) is 0 Å². The predicted octanol–water partition coefficient (Wildman–Crippen LogP) is 2.96. The van der Waals surface area contributed by atoms with Crippen LogP contribution < -0.4 is 10.5 Å². The first-order valence-corrected chi connectivity index (χ1v) is 5.45. The SMILES string of the molecule is CC(N)C1(c2ccc(OC(F)(F)F)cc2)CC1. The average Bonchev–Trinajstić information content (AvgIpc) is 2.97. The molecule has 1 saturated carbocycles. The number of ether oxygens (including phenoxy) is 1. The summed E-state index contributed by atoms with van der Waals surface area (Å²) in [5, 5.41) is 0. The summed E-state index contributed by atoms with van der Waals surface area (Å²) in [5.41, 5.74) is 6.84. The summed E-state index contributed by atoms with van der Waals surface area (Å²) < 4.78 is 39.7. The van der Waals surface area contributed by atoms with E-state index in [4.69, 9.17) is 5.73 Å². The van der Waals surface area contributed by atoms with Crippen LogP contribution in [0.4, 0.5) is 13.2 Å². The quantitative estimate of drug-likeness (QED) is 0.888. The molecule has 2 nitrogen and oxygen atoms in total. The molecule has 0 amide bonds. The molecule has 17 heavy (non-hydrogen) atoms. The summed E-state index contributed by atoms with van der Waals surface area (Å²) in [6, 6.07) is 6.02. The largest absolute Gasteiger partial charge is 0.573 e. The van der Waals surface area contributed by atoms with E-state index in [0.29, 0.717) is 0 Å². The molecule has 1 aromatic rings. The predicted molar refractivity (Wildman–Crippen MR) is 57.7 cm³/mol. The molecule has 0 bridgehead atoms. The molecule has 1 aliphatic carbocycles. The van der Waals surface area contributed by atoms with Crippen LogP contribution in [0.15, 0.2) is 24.3 Å². The highest BCUT2D eigenvalue weighted by Crippen LogP contribution is 2.50. The van der Waals surface area contributed by atoms with Crippen molar-refractivity contribution in [3.05, 3.63) is 29.8 Å². The van der Waals surface area contributed by atoms with Crippen LogP contribution in [0.3, 0.4) is 0 Å². The molecule has 2 rings (SSSR count). The van der Waals surface area contributed by atoms with Gasteiger partial charge in [0.15, 0.2) is 0 Å². The lowest BCUT2D eigenvalue weighted by atomic mass is 9.89. The van der Waals surface area contributed by atoms with Gasteiger partial charge in [0, 0.05) is 11.5 Å². The van der Waals surface area contributed by atoms with Crippen molar-refractivity contribution in [3.63, 3.8) is 0 Å². The van der Waals surface area contributed by atoms with Crippen LogP contribution >= 0.6 is 0 Å².